The molecule has 1 atom stereocenters. The first-order valence-electron chi connectivity index (χ1n) is 5.36. The van der Waals surface area contributed by atoms with E-state index in [9.17, 15) is 17.6 Å². The van der Waals surface area contributed by atoms with Crippen LogP contribution in [0.25, 0.3) is 0 Å². The molecule has 19 heavy (non-hydrogen) atoms. The van der Waals surface area contributed by atoms with E-state index in [1.54, 1.807) is 0 Å². The van der Waals surface area contributed by atoms with Gasteiger partial charge in [0.1, 0.15) is 11.9 Å². The van der Waals surface area contributed by atoms with E-state index in [4.69, 9.17) is 9.84 Å². The molecular formula is C11H14FNO5S. The zero-order chi connectivity index (χ0) is 14.5. The molecule has 0 aromatic heterocycles. The van der Waals surface area contributed by atoms with Gasteiger partial charge < -0.3 is 9.84 Å². The van der Waals surface area contributed by atoms with Gasteiger partial charge in [0.2, 0.25) is 10.0 Å². The van der Waals surface area contributed by atoms with Crippen molar-refractivity contribution in [3.05, 3.63) is 30.1 Å². The Morgan fingerprint density at radius 2 is 2.00 bits per heavy atom. The molecule has 106 valence electrons. The van der Waals surface area contributed by atoms with Crippen molar-refractivity contribution in [2.75, 3.05) is 13.7 Å². The summed E-state index contributed by atoms with van der Waals surface area (Å²) in [7, 11) is -2.62. The van der Waals surface area contributed by atoms with Gasteiger partial charge >= 0.3 is 5.97 Å². The Balaban J connectivity index is 2.87. The minimum absolute atomic E-state index is 0.00768. The second-order valence-electron chi connectivity index (χ2n) is 3.75. The molecule has 0 fully saturated rings. The Kier molecular flexibility index (Phi) is 5.40. The number of hydrogen-bond donors (Lipinski definition) is 2. The number of carboxylic acid groups (broad SMARTS) is 1. The van der Waals surface area contributed by atoms with E-state index in [1.165, 1.54) is 7.11 Å². The van der Waals surface area contributed by atoms with Gasteiger partial charge in [-0.15, -0.1) is 0 Å². The van der Waals surface area contributed by atoms with Crippen LogP contribution in [0.2, 0.25) is 0 Å². The highest BCUT2D eigenvalue weighted by atomic mass is 32.2. The molecule has 2 N–H and O–H groups in total. The maximum absolute atomic E-state index is 12.7. The summed E-state index contributed by atoms with van der Waals surface area (Å²) in [4.78, 5) is 10.7. The zero-order valence-electron chi connectivity index (χ0n) is 10.2. The van der Waals surface area contributed by atoms with Gasteiger partial charge in [-0.3, -0.25) is 4.79 Å². The average Bonchev–Trinajstić information content (AvgIpc) is 2.34. The summed E-state index contributed by atoms with van der Waals surface area (Å²) in [5.41, 5.74) is 0. The molecule has 0 heterocycles. The van der Waals surface area contributed by atoms with Crippen molar-refractivity contribution in [3.63, 3.8) is 0 Å². The maximum atomic E-state index is 12.7. The van der Waals surface area contributed by atoms with E-state index in [1.807, 2.05) is 4.72 Å². The van der Waals surface area contributed by atoms with Gasteiger partial charge in [0.25, 0.3) is 0 Å². The minimum atomic E-state index is -4.00. The van der Waals surface area contributed by atoms with Crippen LogP contribution in [0.4, 0.5) is 4.39 Å². The molecule has 0 aliphatic rings. The highest BCUT2D eigenvalue weighted by Crippen LogP contribution is 2.11. The summed E-state index contributed by atoms with van der Waals surface area (Å²) in [5.74, 6) is -1.88. The average molecular weight is 291 g/mol. The molecule has 0 saturated heterocycles. The molecule has 0 spiro atoms. The van der Waals surface area contributed by atoms with E-state index in [2.05, 4.69) is 0 Å². The molecule has 0 bridgehead atoms. The Morgan fingerprint density at radius 3 is 2.47 bits per heavy atom. The van der Waals surface area contributed by atoms with E-state index in [-0.39, 0.29) is 17.9 Å². The standard InChI is InChI=1S/C11H14FNO5S/c1-18-7-6-10(11(14)15)13-19(16,17)9-4-2-8(12)3-5-9/h2-5,10,13H,6-7H2,1H3,(H,14,15). The summed E-state index contributed by atoms with van der Waals surface area (Å²) in [5, 5.41) is 8.91. The van der Waals surface area contributed by atoms with Crippen LogP contribution in [-0.2, 0) is 19.6 Å². The molecule has 1 aromatic rings. The van der Waals surface area contributed by atoms with Crippen molar-refractivity contribution >= 4 is 16.0 Å². The predicted octanol–water partition coefficient (Wildman–Crippen LogP) is 0.594. The number of ether oxygens (including phenoxy) is 1. The second kappa shape index (κ2) is 6.60. The zero-order valence-corrected chi connectivity index (χ0v) is 11.0. The largest absolute Gasteiger partial charge is 0.480 e. The fraction of sp³-hybridized carbons (Fsp3) is 0.364. The van der Waals surface area contributed by atoms with E-state index in [0.29, 0.717) is 0 Å². The van der Waals surface area contributed by atoms with Crippen LogP contribution in [0.5, 0.6) is 0 Å². The number of halogens is 1. The molecule has 6 nitrogen and oxygen atoms in total. The third-order valence-corrected chi connectivity index (χ3v) is 3.82. The van der Waals surface area contributed by atoms with Crippen molar-refractivity contribution in [3.8, 4) is 0 Å². The Labute approximate surface area is 110 Å². The number of carbonyl (C=O) groups is 1. The van der Waals surface area contributed by atoms with Gasteiger partial charge in [-0.05, 0) is 30.7 Å². The van der Waals surface area contributed by atoms with Crippen molar-refractivity contribution in [2.24, 2.45) is 0 Å². The minimum Gasteiger partial charge on any atom is -0.480 e. The fourth-order valence-corrected chi connectivity index (χ4v) is 2.56. The smallest absolute Gasteiger partial charge is 0.321 e. The molecule has 8 heteroatoms. The number of methoxy groups -OCH3 is 1. The first-order chi connectivity index (χ1) is 8.86. The lowest BCUT2D eigenvalue weighted by Crippen LogP contribution is -2.41. The Morgan fingerprint density at radius 1 is 1.42 bits per heavy atom. The molecule has 0 amide bonds. The quantitative estimate of drug-likeness (QED) is 0.767. The van der Waals surface area contributed by atoms with Gasteiger partial charge in [0.05, 0.1) is 4.90 Å². The Hall–Kier alpha value is -1.51. The lowest BCUT2D eigenvalue weighted by Gasteiger charge is -2.14. The lowest BCUT2D eigenvalue weighted by atomic mass is 10.2. The summed E-state index contributed by atoms with van der Waals surface area (Å²) >= 11 is 0. The monoisotopic (exact) mass is 291 g/mol. The van der Waals surface area contributed by atoms with E-state index < -0.39 is 27.9 Å². The maximum Gasteiger partial charge on any atom is 0.321 e. The van der Waals surface area contributed by atoms with Crippen molar-refractivity contribution < 1.29 is 27.4 Å². The van der Waals surface area contributed by atoms with Crippen LogP contribution >= 0.6 is 0 Å². The van der Waals surface area contributed by atoms with Gasteiger partial charge in [-0.25, -0.2) is 12.8 Å². The van der Waals surface area contributed by atoms with Crippen molar-refractivity contribution in [2.45, 2.75) is 17.4 Å². The molecule has 1 unspecified atom stereocenters. The number of nitrogens with one attached hydrogen (secondary N) is 1. The third-order valence-electron chi connectivity index (χ3n) is 2.33. The summed E-state index contributed by atoms with van der Waals surface area (Å²) < 4.78 is 43.2. The number of rotatable bonds is 7. The molecule has 1 aromatic carbocycles. The second-order valence-corrected chi connectivity index (χ2v) is 5.46. The summed E-state index contributed by atoms with van der Waals surface area (Å²) in [6.45, 7) is 0.100. The van der Waals surface area contributed by atoms with Crippen molar-refractivity contribution in [1.82, 2.24) is 4.72 Å². The number of sulfonamides is 1. The van der Waals surface area contributed by atoms with Gasteiger partial charge in [-0.1, -0.05) is 0 Å². The first kappa shape index (κ1) is 15.5. The van der Waals surface area contributed by atoms with Gasteiger partial charge in [-0.2, -0.15) is 4.72 Å². The highest BCUT2D eigenvalue weighted by Gasteiger charge is 2.25. The number of benzene rings is 1. The molecule has 0 radical (unpaired) electrons. The van der Waals surface area contributed by atoms with Crippen LogP contribution in [0, 0.1) is 5.82 Å². The lowest BCUT2D eigenvalue weighted by molar-refractivity contribution is -0.139. The molecular weight excluding hydrogens is 277 g/mol. The molecule has 1 rings (SSSR count). The fourth-order valence-electron chi connectivity index (χ4n) is 1.34. The summed E-state index contributed by atoms with van der Waals surface area (Å²) in [6, 6.07) is 2.80. The van der Waals surface area contributed by atoms with Gasteiger partial charge in [0.15, 0.2) is 0 Å². The SMILES string of the molecule is COCCC(NS(=O)(=O)c1ccc(F)cc1)C(=O)O. The number of carboxylic acids is 1. The number of aliphatic carboxylic acids is 1. The van der Waals surface area contributed by atoms with Crippen LogP contribution < -0.4 is 4.72 Å². The highest BCUT2D eigenvalue weighted by molar-refractivity contribution is 7.89. The van der Waals surface area contributed by atoms with E-state index in [0.717, 1.165) is 24.3 Å². The third kappa shape index (κ3) is 4.58. The predicted molar refractivity (Wildman–Crippen MR) is 64.6 cm³/mol. The normalized spacial score (nSPS) is 13.2. The van der Waals surface area contributed by atoms with Gasteiger partial charge in [0, 0.05) is 13.7 Å². The van der Waals surface area contributed by atoms with Crippen LogP contribution in [-0.4, -0.2) is 39.3 Å². The van der Waals surface area contributed by atoms with Crippen LogP contribution in [0.15, 0.2) is 29.2 Å². The van der Waals surface area contributed by atoms with E-state index >= 15 is 0 Å². The van der Waals surface area contributed by atoms with Crippen LogP contribution in [0.3, 0.4) is 0 Å². The van der Waals surface area contributed by atoms with Crippen molar-refractivity contribution in [1.29, 1.82) is 0 Å². The molecule has 0 saturated carbocycles. The topological polar surface area (TPSA) is 92.7 Å². The first-order valence-corrected chi connectivity index (χ1v) is 6.85. The summed E-state index contributed by atoms with van der Waals surface area (Å²) in [6.07, 6.45) is -0.00768. The number of hydrogen-bond acceptors (Lipinski definition) is 4. The molecule has 0 aliphatic carbocycles. The van der Waals surface area contributed by atoms with Crippen LogP contribution in [0.1, 0.15) is 6.42 Å². The molecule has 0 aliphatic heterocycles. The Bertz CT molecular complexity index is 529.